The first kappa shape index (κ1) is 11.3. The smallest absolute Gasteiger partial charge is 0.0794 e. The van der Waals surface area contributed by atoms with Crippen molar-refractivity contribution in [3.05, 3.63) is 34.5 Å². The lowest BCUT2D eigenvalue weighted by Crippen LogP contribution is -2.28. The Morgan fingerprint density at radius 1 is 1.62 bits per heavy atom. The number of nitrogens with two attached hydrogens (primary N) is 1. The maximum absolute atomic E-state index is 5.55. The Morgan fingerprint density at radius 3 is 3.06 bits per heavy atom. The minimum Gasteiger partial charge on any atom is -0.273 e. The van der Waals surface area contributed by atoms with Crippen molar-refractivity contribution < 1.29 is 0 Å². The van der Waals surface area contributed by atoms with Gasteiger partial charge < -0.3 is 0 Å². The van der Waals surface area contributed by atoms with E-state index < -0.39 is 0 Å². The van der Waals surface area contributed by atoms with Crippen LogP contribution in [0.4, 0.5) is 0 Å². The zero-order chi connectivity index (χ0) is 11.4. The van der Waals surface area contributed by atoms with Gasteiger partial charge in [-0.05, 0) is 18.9 Å². The van der Waals surface area contributed by atoms with Crippen molar-refractivity contribution in [1.82, 2.24) is 20.2 Å². The first-order valence-electron chi connectivity index (χ1n) is 5.12. The number of nitrogens with one attached hydrogen (secondary N) is 1. The Balaban J connectivity index is 1.96. The van der Waals surface area contributed by atoms with E-state index in [0.29, 0.717) is 0 Å². The molecule has 2 rings (SSSR count). The second-order valence-corrected chi connectivity index (χ2v) is 4.53. The number of hydrogen-bond acceptors (Lipinski definition) is 5. The van der Waals surface area contributed by atoms with Crippen LogP contribution in [-0.4, -0.2) is 14.8 Å². The van der Waals surface area contributed by atoms with Crippen LogP contribution in [0.3, 0.4) is 0 Å². The monoisotopic (exact) mass is 237 g/mol. The van der Waals surface area contributed by atoms with Crippen LogP contribution in [0.5, 0.6) is 0 Å². The predicted molar refractivity (Wildman–Crippen MR) is 63.7 cm³/mol. The van der Waals surface area contributed by atoms with E-state index in [0.717, 1.165) is 12.8 Å². The van der Waals surface area contributed by atoms with Crippen LogP contribution in [-0.2, 0) is 13.5 Å². The number of rotatable bonds is 5. The molecule has 16 heavy (non-hydrogen) atoms. The molecule has 0 aromatic carbocycles. The minimum absolute atomic E-state index is 0.169. The topological polar surface area (TPSA) is 68.8 Å². The van der Waals surface area contributed by atoms with Crippen LogP contribution in [0, 0.1) is 0 Å². The molecular weight excluding hydrogens is 222 g/mol. The number of nitrogens with zero attached hydrogens (tertiary/aromatic N) is 3. The Labute approximate surface area is 98.3 Å². The van der Waals surface area contributed by atoms with Crippen molar-refractivity contribution in [2.45, 2.75) is 18.9 Å². The summed E-state index contributed by atoms with van der Waals surface area (Å²) in [5.41, 5.74) is 5.86. The molecule has 2 heterocycles. The van der Waals surface area contributed by atoms with Gasteiger partial charge >= 0.3 is 0 Å². The van der Waals surface area contributed by atoms with Gasteiger partial charge in [-0.3, -0.25) is 20.9 Å². The first-order valence-corrected chi connectivity index (χ1v) is 6.00. The molecule has 1 unspecified atom stereocenters. The molecule has 0 radical (unpaired) electrons. The van der Waals surface area contributed by atoms with E-state index in [-0.39, 0.29) is 6.04 Å². The summed E-state index contributed by atoms with van der Waals surface area (Å²) in [5, 5.41) is 4.14. The third-order valence-electron chi connectivity index (χ3n) is 2.61. The molecule has 0 aliphatic carbocycles. The fraction of sp³-hybridized carbons (Fsp3) is 0.400. The van der Waals surface area contributed by atoms with Gasteiger partial charge in [0.15, 0.2) is 0 Å². The van der Waals surface area contributed by atoms with E-state index >= 15 is 0 Å². The van der Waals surface area contributed by atoms with Crippen LogP contribution in [0.25, 0.3) is 0 Å². The van der Waals surface area contributed by atoms with E-state index in [9.17, 15) is 0 Å². The van der Waals surface area contributed by atoms with Gasteiger partial charge in [-0.15, -0.1) is 11.3 Å². The van der Waals surface area contributed by atoms with Gasteiger partial charge in [0.2, 0.25) is 0 Å². The van der Waals surface area contributed by atoms with Crippen LogP contribution in [0.2, 0.25) is 0 Å². The highest BCUT2D eigenvalue weighted by Crippen LogP contribution is 2.21. The largest absolute Gasteiger partial charge is 0.273 e. The van der Waals surface area contributed by atoms with Crippen molar-refractivity contribution in [3.8, 4) is 0 Å². The molecule has 6 heteroatoms. The second kappa shape index (κ2) is 5.20. The van der Waals surface area contributed by atoms with Crippen molar-refractivity contribution >= 4 is 11.3 Å². The summed E-state index contributed by atoms with van der Waals surface area (Å²) in [7, 11) is 1.95. The molecule has 1 atom stereocenters. The van der Waals surface area contributed by atoms with Gasteiger partial charge in [0, 0.05) is 30.0 Å². The molecule has 0 aliphatic heterocycles. The Morgan fingerprint density at radius 2 is 2.50 bits per heavy atom. The van der Waals surface area contributed by atoms with E-state index in [4.69, 9.17) is 5.84 Å². The van der Waals surface area contributed by atoms with E-state index in [1.165, 1.54) is 10.6 Å². The molecular formula is C10H15N5S. The van der Waals surface area contributed by atoms with Gasteiger partial charge in [0.05, 0.1) is 11.6 Å². The number of aromatic nitrogens is 3. The third-order valence-corrected chi connectivity index (χ3v) is 3.50. The molecule has 2 aromatic rings. The highest BCUT2D eigenvalue weighted by atomic mass is 32.1. The lowest BCUT2D eigenvalue weighted by atomic mass is 10.1. The first-order chi connectivity index (χ1) is 7.81. The van der Waals surface area contributed by atoms with E-state index in [1.54, 1.807) is 11.3 Å². The number of aryl methyl sites for hydroxylation is 2. The number of thiazole rings is 1. The zero-order valence-electron chi connectivity index (χ0n) is 9.13. The third kappa shape index (κ3) is 2.46. The Kier molecular flexibility index (Phi) is 3.66. The van der Waals surface area contributed by atoms with Crippen molar-refractivity contribution in [3.63, 3.8) is 0 Å². The number of hydrazine groups is 1. The quantitative estimate of drug-likeness (QED) is 0.601. The van der Waals surface area contributed by atoms with Gasteiger partial charge in [0.25, 0.3) is 0 Å². The standard InChI is InChI=1S/C10H15N5S/c1-15-8(4-5-13-15)2-3-9(14-11)10-6-12-7-16-10/h4-7,9,14H,2-3,11H2,1H3. The highest BCUT2D eigenvalue weighted by molar-refractivity contribution is 7.09. The summed E-state index contributed by atoms with van der Waals surface area (Å²) in [6, 6.07) is 2.20. The molecule has 5 nitrogen and oxygen atoms in total. The second-order valence-electron chi connectivity index (χ2n) is 3.61. The van der Waals surface area contributed by atoms with E-state index in [1.807, 2.05) is 35.7 Å². The zero-order valence-corrected chi connectivity index (χ0v) is 9.94. The average Bonchev–Trinajstić information content (AvgIpc) is 2.92. The van der Waals surface area contributed by atoms with Crippen LogP contribution >= 0.6 is 11.3 Å². The molecule has 86 valence electrons. The summed E-state index contributed by atoms with van der Waals surface area (Å²) in [4.78, 5) is 5.23. The maximum Gasteiger partial charge on any atom is 0.0794 e. The molecule has 0 saturated carbocycles. The minimum atomic E-state index is 0.169. The van der Waals surface area contributed by atoms with Crippen molar-refractivity contribution in [1.29, 1.82) is 0 Å². The molecule has 3 N–H and O–H groups in total. The average molecular weight is 237 g/mol. The lowest BCUT2D eigenvalue weighted by molar-refractivity contribution is 0.513. The fourth-order valence-corrected chi connectivity index (χ4v) is 2.36. The summed E-state index contributed by atoms with van der Waals surface area (Å²) in [6.07, 6.45) is 5.56. The van der Waals surface area contributed by atoms with Gasteiger partial charge in [-0.25, -0.2) is 0 Å². The summed E-state index contributed by atoms with van der Waals surface area (Å²) < 4.78 is 1.89. The summed E-state index contributed by atoms with van der Waals surface area (Å²) >= 11 is 1.62. The predicted octanol–water partition coefficient (Wildman–Crippen LogP) is 1.01. The summed E-state index contributed by atoms with van der Waals surface area (Å²) in [6.45, 7) is 0. The van der Waals surface area contributed by atoms with E-state index in [2.05, 4.69) is 15.5 Å². The number of hydrogen-bond donors (Lipinski definition) is 2. The van der Waals surface area contributed by atoms with Gasteiger partial charge in [0.1, 0.15) is 0 Å². The molecule has 0 fully saturated rings. The SMILES string of the molecule is Cn1nccc1CCC(NN)c1cncs1. The molecule has 0 spiro atoms. The lowest BCUT2D eigenvalue weighted by Gasteiger charge is -2.13. The van der Waals surface area contributed by atoms with Crippen LogP contribution in [0.1, 0.15) is 23.0 Å². The molecule has 0 saturated heterocycles. The van der Waals surface area contributed by atoms with Gasteiger partial charge in [-0.1, -0.05) is 0 Å². The van der Waals surface area contributed by atoms with Gasteiger partial charge in [-0.2, -0.15) is 5.10 Å². The highest BCUT2D eigenvalue weighted by Gasteiger charge is 2.12. The summed E-state index contributed by atoms with van der Waals surface area (Å²) in [5.74, 6) is 5.55. The molecule has 0 aliphatic rings. The molecule has 2 aromatic heterocycles. The molecule has 0 amide bonds. The Bertz CT molecular complexity index is 422. The van der Waals surface area contributed by atoms with Crippen molar-refractivity contribution in [2.24, 2.45) is 12.9 Å². The van der Waals surface area contributed by atoms with Crippen LogP contribution < -0.4 is 11.3 Å². The Hall–Kier alpha value is -1.24. The normalized spacial score (nSPS) is 12.9. The van der Waals surface area contributed by atoms with Crippen LogP contribution in [0.15, 0.2) is 24.0 Å². The van der Waals surface area contributed by atoms with Crippen molar-refractivity contribution in [2.75, 3.05) is 0 Å². The molecule has 0 bridgehead atoms. The fourth-order valence-electron chi connectivity index (χ4n) is 1.64. The maximum atomic E-state index is 5.55.